The SMILES string of the molecule is C/C(=C\CO)C1COC(C)(C)O1. The van der Waals surface area contributed by atoms with Crippen molar-refractivity contribution in [3.63, 3.8) is 0 Å². The first kappa shape index (κ1) is 9.71. The van der Waals surface area contributed by atoms with Crippen molar-refractivity contribution < 1.29 is 14.6 Å². The van der Waals surface area contributed by atoms with Crippen LogP contribution in [0.15, 0.2) is 11.6 Å². The van der Waals surface area contributed by atoms with E-state index in [-0.39, 0.29) is 12.7 Å². The van der Waals surface area contributed by atoms with Gasteiger partial charge in [-0.25, -0.2) is 0 Å². The van der Waals surface area contributed by atoms with E-state index in [4.69, 9.17) is 14.6 Å². The lowest BCUT2D eigenvalue weighted by atomic mass is 10.2. The van der Waals surface area contributed by atoms with Crippen molar-refractivity contribution >= 4 is 0 Å². The van der Waals surface area contributed by atoms with Gasteiger partial charge in [0.25, 0.3) is 0 Å². The molecule has 3 nitrogen and oxygen atoms in total. The van der Waals surface area contributed by atoms with E-state index in [9.17, 15) is 0 Å². The summed E-state index contributed by atoms with van der Waals surface area (Å²) >= 11 is 0. The summed E-state index contributed by atoms with van der Waals surface area (Å²) in [4.78, 5) is 0. The van der Waals surface area contributed by atoms with Gasteiger partial charge in [-0.15, -0.1) is 0 Å². The van der Waals surface area contributed by atoms with E-state index in [2.05, 4.69) is 0 Å². The van der Waals surface area contributed by atoms with Crippen LogP contribution in [0.4, 0.5) is 0 Å². The van der Waals surface area contributed by atoms with E-state index in [0.29, 0.717) is 6.61 Å². The second-order valence-corrected chi connectivity index (χ2v) is 3.45. The van der Waals surface area contributed by atoms with Gasteiger partial charge in [0.15, 0.2) is 5.79 Å². The Morgan fingerprint density at radius 1 is 1.67 bits per heavy atom. The molecule has 0 aromatic carbocycles. The largest absolute Gasteiger partial charge is 0.392 e. The van der Waals surface area contributed by atoms with Crippen LogP contribution in [0.5, 0.6) is 0 Å². The van der Waals surface area contributed by atoms with E-state index in [1.54, 1.807) is 6.08 Å². The number of hydrogen-bond donors (Lipinski definition) is 1. The maximum Gasteiger partial charge on any atom is 0.163 e. The van der Waals surface area contributed by atoms with Crippen molar-refractivity contribution in [1.82, 2.24) is 0 Å². The molecule has 0 aliphatic carbocycles. The lowest BCUT2D eigenvalue weighted by Crippen LogP contribution is -2.21. The second kappa shape index (κ2) is 3.56. The maximum absolute atomic E-state index is 8.65. The molecule has 1 atom stereocenters. The first-order chi connectivity index (χ1) is 5.55. The Hall–Kier alpha value is -0.380. The van der Waals surface area contributed by atoms with Gasteiger partial charge in [0, 0.05) is 0 Å². The Labute approximate surface area is 73.0 Å². The molecular weight excluding hydrogens is 156 g/mol. The average Bonchev–Trinajstić information content (AvgIpc) is 2.31. The van der Waals surface area contributed by atoms with Gasteiger partial charge in [0.1, 0.15) is 6.10 Å². The average molecular weight is 172 g/mol. The number of ether oxygens (including phenoxy) is 2. The molecule has 0 amide bonds. The highest BCUT2D eigenvalue weighted by Gasteiger charge is 2.33. The number of rotatable bonds is 2. The van der Waals surface area contributed by atoms with Gasteiger partial charge in [0.05, 0.1) is 13.2 Å². The number of aliphatic hydroxyl groups is 1. The first-order valence-electron chi connectivity index (χ1n) is 4.14. The lowest BCUT2D eigenvalue weighted by Gasteiger charge is -2.17. The minimum atomic E-state index is -0.477. The summed E-state index contributed by atoms with van der Waals surface area (Å²) < 4.78 is 10.9. The Balaban J connectivity index is 2.52. The molecule has 1 aliphatic rings. The van der Waals surface area contributed by atoms with Crippen LogP contribution in [-0.4, -0.2) is 30.2 Å². The van der Waals surface area contributed by atoms with Gasteiger partial charge >= 0.3 is 0 Å². The molecule has 3 heteroatoms. The van der Waals surface area contributed by atoms with Crippen LogP contribution in [-0.2, 0) is 9.47 Å². The first-order valence-corrected chi connectivity index (χ1v) is 4.14. The van der Waals surface area contributed by atoms with E-state index < -0.39 is 5.79 Å². The zero-order chi connectivity index (χ0) is 9.19. The summed E-state index contributed by atoms with van der Waals surface area (Å²) in [5, 5.41) is 8.65. The monoisotopic (exact) mass is 172 g/mol. The number of aliphatic hydroxyl groups excluding tert-OH is 1. The Bertz CT molecular complexity index is 184. The highest BCUT2D eigenvalue weighted by Crippen LogP contribution is 2.25. The third kappa shape index (κ3) is 2.30. The minimum Gasteiger partial charge on any atom is -0.392 e. The normalized spacial score (nSPS) is 29.3. The van der Waals surface area contributed by atoms with E-state index in [1.807, 2.05) is 20.8 Å². The van der Waals surface area contributed by atoms with Gasteiger partial charge < -0.3 is 14.6 Å². The predicted octanol–water partition coefficient (Wildman–Crippen LogP) is 1.08. The molecule has 1 aliphatic heterocycles. The molecule has 1 N–H and O–H groups in total. The third-order valence-electron chi connectivity index (χ3n) is 1.93. The highest BCUT2D eigenvalue weighted by molar-refractivity contribution is 5.07. The van der Waals surface area contributed by atoms with Crippen molar-refractivity contribution in [2.45, 2.75) is 32.7 Å². The Morgan fingerprint density at radius 3 is 2.75 bits per heavy atom. The van der Waals surface area contributed by atoms with E-state index >= 15 is 0 Å². The fourth-order valence-corrected chi connectivity index (χ4v) is 1.19. The molecule has 1 fully saturated rings. The maximum atomic E-state index is 8.65. The van der Waals surface area contributed by atoms with Crippen molar-refractivity contribution in [2.75, 3.05) is 13.2 Å². The molecule has 0 radical (unpaired) electrons. The van der Waals surface area contributed by atoms with Crippen LogP contribution in [0.3, 0.4) is 0 Å². The molecule has 70 valence electrons. The van der Waals surface area contributed by atoms with Crippen molar-refractivity contribution in [1.29, 1.82) is 0 Å². The van der Waals surface area contributed by atoms with Crippen molar-refractivity contribution in [3.05, 3.63) is 11.6 Å². The van der Waals surface area contributed by atoms with Gasteiger partial charge in [-0.1, -0.05) is 6.08 Å². The smallest absolute Gasteiger partial charge is 0.163 e. The van der Waals surface area contributed by atoms with Crippen LogP contribution in [0.25, 0.3) is 0 Å². The Morgan fingerprint density at radius 2 is 2.33 bits per heavy atom. The molecule has 0 saturated carbocycles. The second-order valence-electron chi connectivity index (χ2n) is 3.45. The molecule has 1 unspecified atom stereocenters. The summed E-state index contributed by atoms with van der Waals surface area (Å²) in [5.74, 6) is -0.477. The summed E-state index contributed by atoms with van der Waals surface area (Å²) in [5.41, 5.74) is 1.03. The fourth-order valence-electron chi connectivity index (χ4n) is 1.19. The summed E-state index contributed by atoms with van der Waals surface area (Å²) in [6, 6.07) is 0. The van der Waals surface area contributed by atoms with Crippen molar-refractivity contribution in [2.24, 2.45) is 0 Å². The number of hydrogen-bond acceptors (Lipinski definition) is 3. The predicted molar refractivity (Wildman–Crippen MR) is 45.7 cm³/mol. The summed E-state index contributed by atoms with van der Waals surface area (Å²) in [7, 11) is 0. The molecule has 0 aromatic rings. The molecule has 0 spiro atoms. The van der Waals surface area contributed by atoms with Gasteiger partial charge in [0.2, 0.25) is 0 Å². The minimum absolute atomic E-state index is 0.00662. The topological polar surface area (TPSA) is 38.7 Å². The molecule has 12 heavy (non-hydrogen) atoms. The van der Waals surface area contributed by atoms with Crippen LogP contribution in [0, 0.1) is 0 Å². The molecule has 0 bridgehead atoms. The highest BCUT2D eigenvalue weighted by atomic mass is 16.7. The van der Waals surface area contributed by atoms with Gasteiger partial charge in [-0.05, 0) is 26.3 Å². The summed E-state index contributed by atoms with van der Waals surface area (Å²) in [6.07, 6.45) is 1.75. The Kier molecular flexibility index (Phi) is 2.88. The zero-order valence-corrected chi connectivity index (χ0v) is 7.83. The van der Waals surface area contributed by atoms with Crippen LogP contribution in [0.1, 0.15) is 20.8 Å². The van der Waals surface area contributed by atoms with Crippen molar-refractivity contribution in [3.8, 4) is 0 Å². The molecular formula is C9H16O3. The van der Waals surface area contributed by atoms with Gasteiger partial charge in [-0.2, -0.15) is 0 Å². The molecule has 1 saturated heterocycles. The lowest BCUT2D eigenvalue weighted by molar-refractivity contribution is -0.134. The van der Waals surface area contributed by atoms with Crippen LogP contribution >= 0.6 is 0 Å². The molecule has 1 rings (SSSR count). The van der Waals surface area contributed by atoms with E-state index in [1.165, 1.54) is 0 Å². The van der Waals surface area contributed by atoms with Crippen LogP contribution < -0.4 is 0 Å². The fraction of sp³-hybridized carbons (Fsp3) is 0.778. The quantitative estimate of drug-likeness (QED) is 0.633. The molecule has 1 heterocycles. The van der Waals surface area contributed by atoms with Crippen LogP contribution in [0.2, 0.25) is 0 Å². The van der Waals surface area contributed by atoms with E-state index in [0.717, 1.165) is 5.57 Å². The molecule has 0 aromatic heterocycles. The van der Waals surface area contributed by atoms with Gasteiger partial charge in [-0.3, -0.25) is 0 Å². The summed E-state index contributed by atoms with van der Waals surface area (Å²) in [6.45, 7) is 6.35. The third-order valence-corrected chi connectivity index (χ3v) is 1.93. The standard InChI is InChI=1S/C9H16O3/c1-7(4-5-10)8-6-11-9(2,3)12-8/h4,8,10H,5-6H2,1-3H3/b7-4+. The zero-order valence-electron chi connectivity index (χ0n) is 7.83.